The number of rotatable bonds is 1. The lowest BCUT2D eigenvalue weighted by atomic mass is 9.63. The van der Waals surface area contributed by atoms with E-state index in [4.69, 9.17) is 11.6 Å². The van der Waals surface area contributed by atoms with Crippen LogP contribution in [0.25, 0.3) is 27.8 Å². The van der Waals surface area contributed by atoms with E-state index in [0.717, 1.165) is 11.4 Å². The predicted octanol–water partition coefficient (Wildman–Crippen LogP) is 11.0. The highest BCUT2D eigenvalue weighted by atomic mass is 35.5. The van der Waals surface area contributed by atoms with E-state index in [1.807, 2.05) is 12.1 Å². The molecule has 1 heteroatoms. The summed E-state index contributed by atoms with van der Waals surface area (Å²) in [5, 5.41) is 0.769. The molecule has 2 atom stereocenters. The molecule has 0 heterocycles. The Balaban J connectivity index is 1.63. The summed E-state index contributed by atoms with van der Waals surface area (Å²) >= 11 is 6.37. The van der Waals surface area contributed by atoms with Crippen molar-refractivity contribution in [2.24, 2.45) is 11.3 Å². The van der Waals surface area contributed by atoms with Gasteiger partial charge in [-0.25, -0.2) is 0 Å². The van der Waals surface area contributed by atoms with E-state index in [-0.39, 0.29) is 16.2 Å². The molecular weight excluding hydrogens is 504 g/mol. The summed E-state index contributed by atoms with van der Waals surface area (Å²) in [5.74, 6) is 0.471. The Bertz CT molecular complexity index is 1730. The van der Waals surface area contributed by atoms with Crippen LogP contribution in [0.3, 0.4) is 0 Å². The maximum absolute atomic E-state index is 6.37. The molecule has 3 aliphatic carbocycles. The van der Waals surface area contributed by atoms with Gasteiger partial charge < -0.3 is 0 Å². The van der Waals surface area contributed by atoms with Crippen LogP contribution >= 0.6 is 11.6 Å². The van der Waals surface area contributed by atoms with Crippen LogP contribution in [0.5, 0.6) is 0 Å². The van der Waals surface area contributed by atoms with E-state index in [1.165, 1.54) is 55.6 Å². The van der Waals surface area contributed by atoms with Gasteiger partial charge in [0.15, 0.2) is 0 Å². The first-order valence-electron chi connectivity index (χ1n) is 14.6. The third-order valence-electron chi connectivity index (χ3n) is 9.61. The SMILES string of the molecule is CC(C)(C)c1ccc2c(c1)C1(C3=C2C=CC(C(C)(C)C)C3)c2ccccc2-c2cccc(-c3ccc(Cl)cc3)c21. The standard InChI is InChI=1S/C39H37Cl/c1-37(2,3)25-16-20-30-31-21-17-26(38(4,5)6)23-35(31)39(34(30)22-25)33-13-8-7-10-29(33)32-12-9-11-28(36(32)39)24-14-18-27(40)19-15-24/h7-22,26H,23H2,1-6H3. The molecule has 4 aromatic carbocycles. The number of hydrogen-bond donors (Lipinski definition) is 0. The molecule has 40 heavy (non-hydrogen) atoms. The molecule has 0 nitrogen and oxygen atoms in total. The molecule has 0 amide bonds. The summed E-state index contributed by atoms with van der Waals surface area (Å²) in [4.78, 5) is 0. The molecule has 200 valence electrons. The van der Waals surface area contributed by atoms with Crippen LogP contribution < -0.4 is 0 Å². The molecule has 1 spiro atoms. The van der Waals surface area contributed by atoms with Gasteiger partial charge in [0.1, 0.15) is 0 Å². The number of hydrogen-bond acceptors (Lipinski definition) is 0. The lowest BCUT2D eigenvalue weighted by molar-refractivity contribution is 0.285. The highest BCUT2D eigenvalue weighted by Gasteiger charge is 2.55. The van der Waals surface area contributed by atoms with Crippen LogP contribution in [0.4, 0.5) is 0 Å². The minimum Gasteiger partial charge on any atom is -0.0843 e. The Hall–Kier alpha value is -3.35. The van der Waals surface area contributed by atoms with Crippen molar-refractivity contribution in [3.8, 4) is 22.3 Å². The molecule has 0 N–H and O–H groups in total. The quantitative estimate of drug-likeness (QED) is 0.225. The zero-order valence-corrected chi connectivity index (χ0v) is 25.2. The average Bonchev–Trinajstić information content (AvgIpc) is 3.39. The van der Waals surface area contributed by atoms with Crippen molar-refractivity contribution in [1.29, 1.82) is 0 Å². The maximum Gasteiger partial charge on any atom is 0.0694 e. The zero-order chi connectivity index (χ0) is 28.0. The molecule has 0 fully saturated rings. The Morgan fingerprint density at radius 3 is 2.12 bits per heavy atom. The Kier molecular flexibility index (Phi) is 5.49. The van der Waals surface area contributed by atoms with E-state index in [1.54, 1.807) is 5.57 Å². The Morgan fingerprint density at radius 2 is 1.40 bits per heavy atom. The lowest BCUT2D eigenvalue weighted by Gasteiger charge is -2.39. The van der Waals surface area contributed by atoms with Gasteiger partial charge in [0.05, 0.1) is 5.41 Å². The normalized spacial score (nSPS) is 20.9. The smallest absolute Gasteiger partial charge is 0.0694 e. The number of benzene rings is 4. The maximum atomic E-state index is 6.37. The van der Waals surface area contributed by atoms with Crippen molar-refractivity contribution in [2.45, 2.75) is 58.8 Å². The molecule has 3 aliphatic rings. The highest BCUT2D eigenvalue weighted by molar-refractivity contribution is 6.30. The molecule has 0 bridgehead atoms. The van der Waals surface area contributed by atoms with E-state index >= 15 is 0 Å². The number of halogens is 1. The van der Waals surface area contributed by atoms with Crippen molar-refractivity contribution in [2.75, 3.05) is 0 Å². The van der Waals surface area contributed by atoms with Crippen molar-refractivity contribution in [1.82, 2.24) is 0 Å². The van der Waals surface area contributed by atoms with Crippen molar-refractivity contribution >= 4 is 17.2 Å². The number of fused-ring (bicyclic) bond motifs is 9. The minimum atomic E-state index is -0.331. The first-order chi connectivity index (χ1) is 19.0. The van der Waals surface area contributed by atoms with Gasteiger partial charge in [0.2, 0.25) is 0 Å². The third-order valence-corrected chi connectivity index (χ3v) is 9.86. The van der Waals surface area contributed by atoms with Crippen molar-refractivity contribution in [3.05, 3.63) is 135 Å². The molecule has 2 unspecified atom stereocenters. The first-order valence-corrected chi connectivity index (χ1v) is 15.0. The van der Waals surface area contributed by atoms with Crippen LogP contribution in [0.1, 0.15) is 75.8 Å². The van der Waals surface area contributed by atoms with Gasteiger partial charge in [-0.2, -0.15) is 0 Å². The molecular formula is C39H37Cl. The second kappa shape index (κ2) is 8.58. The van der Waals surface area contributed by atoms with Gasteiger partial charge >= 0.3 is 0 Å². The Morgan fingerprint density at radius 1 is 0.700 bits per heavy atom. The summed E-state index contributed by atoms with van der Waals surface area (Å²) < 4.78 is 0. The lowest BCUT2D eigenvalue weighted by Crippen LogP contribution is -2.32. The van der Waals surface area contributed by atoms with Gasteiger partial charge in [-0.15, -0.1) is 0 Å². The second-order valence-corrected chi connectivity index (χ2v) is 14.4. The monoisotopic (exact) mass is 540 g/mol. The fourth-order valence-electron chi connectivity index (χ4n) is 7.46. The van der Waals surface area contributed by atoms with Crippen LogP contribution in [-0.2, 0) is 10.8 Å². The van der Waals surface area contributed by atoms with Crippen LogP contribution in [0, 0.1) is 11.3 Å². The highest BCUT2D eigenvalue weighted by Crippen LogP contribution is 2.66. The Labute approximate surface area is 244 Å². The van der Waals surface area contributed by atoms with Gasteiger partial charge in [-0.1, -0.05) is 138 Å². The average molecular weight is 541 g/mol. The fraction of sp³-hybridized carbons (Fsp3) is 0.282. The van der Waals surface area contributed by atoms with Crippen LogP contribution in [0.2, 0.25) is 5.02 Å². The van der Waals surface area contributed by atoms with E-state index in [9.17, 15) is 0 Å². The molecule has 0 aliphatic heterocycles. The largest absolute Gasteiger partial charge is 0.0843 e. The second-order valence-electron chi connectivity index (χ2n) is 14.0. The first kappa shape index (κ1) is 25.6. The van der Waals surface area contributed by atoms with Crippen LogP contribution in [0.15, 0.2) is 103 Å². The zero-order valence-electron chi connectivity index (χ0n) is 24.4. The predicted molar refractivity (Wildman–Crippen MR) is 171 cm³/mol. The number of allylic oxidation sites excluding steroid dienone is 4. The van der Waals surface area contributed by atoms with Crippen molar-refractivity contribution < 1.29 is 0 Å². The molecule has 0 aromatic heterocycles. The fourth-order valence-corrected chi connectivity index (χ4v) is 7.58. The van der Waals surface area contributed by atoms with Crippen LogP contribution in [-0.4, -0.2) is 0 Å². The molecule has 7 rings (SSSR count). The molecule has 0 saturated carbocycles. The van der Waals surface area contributed by atoms with E-state index in [0.29, 0.717) is 5.92 Å². The van der Waals surface area contributed by atoms with Gasteiger partial charge in [0, 0.05) is 5.02 Å². The topological polar surface area (TPSA) is 0 Å². The minimum absolute atomic E-state index is 0.0553. The van der Waals surface area contributed by atoms with Gasteiger partial charge in [-0.05, 0) is 96.5 Å². The summed E-state index contributed by atoms with van der Waals surface area (Å²) in [6, 6.07) is 31.8. The molecule has 0 saturated heterocycles. The third kappa shape index (κ3) is 3.52. The molecule has 4 aromatic rings. The molecule has 0 radical (unpaired) electrons. The van der Waals surface area contributed by atoms with Gasteiger partial charge in [-0.3, -0.25) is 0 Å². The van der Waals surface area contributed by atoms with Gasteiger partial charge in [0.25, 0.3) is 0 Å². The van der Waals surface area contributed by atoms with E-state index in [2.05, 4.69) is 126 Å². The van der Waals surface area contributed by atoms with E-state index < -0.39 is 0 Å². The summed E-state index contributed by atoms with van der Waals surface area (Å²) in [5.41, 5.74) is 15.2. The summed E-state index contributed by atoms with van der Waals surface area (Å²) in [6.45, 7) is 14.1. The summed E-state index contributed by atoms with van der Waals surface area (Å²) in [6.07, 6.45) is 5.98. The van der Waals surface area contributed by atoms with Crippen molar-refractivity contribution in [3.63, 3.8) is 0 Å². The summed E-state index contributed by atoms with van der Waals surface area (Å²) in [7, 11) is 0.